The molecule has 0 N–H and O–H groups in total. The first-order valence-corrected chi connectivity index (χ1v) is 21.3. The van der Waals surface area contributed by atoms with Crippen LogP contribution in [0.2, 0.25) is 0 Å². The average Bonchev–Trinajstić information content (AvgIpc) is 3.09. The average molecular weight is 726 g/mol. The van der Waals surface area contributed by atoms with Gasteiger partial charge in [0.05, 0.1) is 13.2 Å². The number of amides is 1. The lowest BCUT2D eigenvalue weighted by atomic mass is 10.0. The van der Waals surface area contributed by atoms with Crippen LogP contribution in [0.25, 0.3) is 0 Å². The molecule has 0 spiro atoms. The number of esters is 2. The third kappa shape index (κ3) is 35.0. The van der Waals surface area contributed by atoms with Gasteiger partial charge in [-0.25, -0.2) is 4.79 Å². The quantitative estimate of drug-likeness (QED) is 0.0355. The van der Waals surface area contributed by atoms with Gasteiger partial charge in [0.15, 0.2) is 0 Å². The zero-order valence-electron chi connectivity index (χ0n) is 34.5. The number of carbonyl (C=O) groups excluding carboxylic acids is 3. The lowest BCUT2D eigenvalue weighted by molar-refractivity contribution is -0.144. The molecule has 9 heteroatoms. The van der Waals surface area contributed by atoms with E-state index in [1.807, 2.05) is 4.90 Å². The summed E-state index contributed by atoms with van der Waals surface area (Å²) < 4.78 is 17.1. The Labute approximate surface area is 315 Å². The summed E-state index contributed by atoms with van der Waals surface area (Å²) in [5, 5.41) is 0. The number of carbonyl (C=O) groups is 3. The minimum absolute atomic E-state index is 0.0653. The molecule has 0 saturated heterocycles. The van der Waals surface area contributed by atoms with Crippen molar-refractivity contribution in [3.8, 4) is 0 Å². The Balaban J connectivity index is 4.65. The van der Waals surface area contributed by atoms with Crippen molar-refractivity contribution in [3.05, 3.63) is 0 Å². The molecule has 0 unspecified atom stereocenters. The lowest BCUT2D eigenvalue weighted by Gasteiger charge is -2.27. The fourth-order valence-corrected chi connectivity index (χ4v) is 6.20. The Kier molecular flexibility index (Phi) is 35.1. The van der Waals surface area contributed by atoms with Crippen LogP contribution in [-0.2, 0) is 23.8 Å². The first-order chi connectivity index (χ1) is 24.7. The van der Waals surface area contributed by atoms with Crippen molar-refractivity contribution in [2.24, 2.45) is 0 Å². The van der Waals surface area contributed by atoms with Crippen molar-refractivity contribution >= 4 is 18.0 Å². The van der Waals surface area contributed by atoms with Crippen LogP contribution >= 0.6 is 0 Å². The lowest BCUT2D eigenvalue weighted by Crippen LogP contribution is -2.37. The Morgan fingerprint density at radius 3 is 1.24 bits per heavy atom. The van der Waals surface area contributed by atoms with Crippen LogP contribution < -0.4 is 0 Å². The Morgan fingerprint density at radius 2 is 0.824 bits per heavy atom. The number of unbranched alkanes of at least 4 members (excludes halogenated alkanes) is 16. The maximum atomic E-state index is 13.4. The van der Waals surface area contributed by atoms with Crippen molar-refractivity contribution in [3.63, 3.8) is 0 Å². The summed E-state index contributed by atoms with van der Waals surface area (Å²) in [5.74, 6) is -0.131. The zero-order valence-corrected chi connectivity index (χ0v) is 34.5. The monoisotopic (exact) mass is 726 g/mol. The second-order valence-electron chi connectivity index (χ2n) is 15.2. The van der Waals surface area contributed by atoms with Gasteiger partial charge in [-0.1, -0.05) is 104 Å². The molecule has 9 nitrogen and oxygen atoms in total. The predicted octanol–water partition coefficient (Wildman–Crippen LogP) is 10.2. The van der Waals surface area contributed by atoms with E-state index >= 15 is 0 Å². The van der Waals surface area contributed by atoms with E-state index in [-0.39, 0.29) is 24.1 Å². The fourth-order valence-electron chi connectivity index (χ4n) is 6.20. The van der Waals surface area contributed by atoms with Crippen LogP contribution in [0.1, 0.15) is 181 Å². The molecule has 1 amide bonds. The number of hydrogen-bond donors (Lipinski definition) is 0. The molecule has 0 atom stereocenters. The highest BCUT2D eigenvalue weighted by Crippen LogP contribution is 2.18. The van der Waals surface area contributed by atoms with Crippen molar-refractivity contribution < 1.29 is 28.6 Å². The molecule has 0 radical (unpaired) electrons. The van der Waals surface area contributed by atoms with Crippen LogP contribution in [0.4, 0.5) is 4.79 Å². The van der Waals surface area contributed by atoms with Gasteiger partial charge in [0.2, 0.25) is 0 Å². The van der Waals surface area contributed by atoms with E-state index in [0.717, 1.165) is 116 Å². The molecule has 0 aromatic heterocycles. The van der Waals surface area contributed by atoms with Crippen molar-refractivity contribution in [1.29, 1.82) is 0 Å². The Morgan fingerprint density at radius 1 is 0.451 bits per heavy atom. The highest BCUT2D eigenvalue weighted by atomic mass is 16.6. The summed E-state index contributed by atoms with van der Waals surface area (Å²) in [4.78, 5) is 43.8. The minimum atomic E-state index is -0.188. The molecule has 0 aromatic carbocycles. The third-order valence-corrected chi connectivity index (χ3v) is 9.43. The fraction of sp³-hybridized carbons (Fsp3) is 0.929. The number of nitrogens with zero attached hydrogens (tertiary/aromatic N) is 3. The van der Waals surface area contributed by atoms with Gasteiger partial charge in [-0.2, -0.15) is 0 Å². The van der Waals surface area contributed by atoms with Crippen LogP contribution in [-0.4, -0.2) is 106 Å². The van der Waals surface area contributed by atoms with Gasteiger partial charge in [-0.05, 0) is 105 Å². The zero-order chi connectivity index (χ0) is 37.8. The molecule has 0 heterocycles. The molecule has 0 aromatic rings. The Bertz CT molecular complexity index is 753. The summed E-state index contributed by atoms with van der Waals surface area (Å²) in [6.45, 7) is 8.69. The molecule has 0 fully saturated rings. The van der Waals surface area contributed by atoms with Crippen molar-refractivity contribution in [2.75, 3.05) is 67.6 Å². The molecular formula is C42H83N3O6. The number of rotatable bonds is 37. The number of ether oxygens (including phenoxy) is 3. The highest BCUT2D eigenvalue weighted by Gasteiger charge is 2.20. The van der Waals surface area contributed by atoms with Crippen LogP contribution in [0, 0.1) is 0 Å². The van der Waals surface area contributed by atoms with E-state index in [0.29, 0.717) is 39.1 Å². The van der Waals surface area contributed by atoms with Crippen LogP contribution in [0.15, 0.2) is 0 Å². The van der Waals surface area contributed by atoms with E-state index in [4.69, 9.17) is 14.2 Å². The van der Waals surface area contributed by atoms with Gasteiger partial charge in [-0.3, -0.25) is 9.59 Å². The Hall–Kier alpha value is -1.87. The van der Waals surface area contributed by atoms with Crippen molar-refractivity contribution in [1.82, 2.24) is 14.7 Å². The van der Waals surface area contributed by atoms with Gasteiger partial charge in [0, 0.05) is 25.9 Å². The van der Waals surface area contributed by atoms with E-state index in [9.17, 15) is 14.4 Å². The highest BCUT2D eigenvalue weighted by molar-refractivity contribution is 5.69. The second-order valence-corrected chi connectivity index (χ2v) is 15.2. The van der Waals surface area contributed by atoms with Crippen molar-refractivity contribution in [2.45, 2.75) is 187 Å². The largest absolute Gasteiger partial charge is 0.466 e. The summed E-state index contributed by atoms with van der Waals surface area (Å²) >= 11 is 0. The first-order valence-electron chi connectivity index (χ1n) is 21.3. The minimum Gasteiger partial charge on any atom is -0.466 e. The van der Waals surface area contributed by atoms with E-state index in [1.54, 1.807) is 0 Å². The SMILES string of the molecule is CCCCCCCCC(=O)OCCCCCCC(CCCCCCOC(=O)CCCCCCCC)OC(=O)N(CCCN(C)C)CCCN(C)C. The molecule has 0 bridgehead atoms. The maximum absolute atomic E-state index is 13.4. The van der Waals surface area contributed by atoms with Crippen LogP contribution in [0.3, 0.4) is 0 Å². The molecule has 0 aliphatic rings. The molecular weight excluding hydrogens is 642 g/mol. The summed E-state index contributed by atoms with van der Waals surface area (Å²) in [6.07, 6.45) is 26.1. The van der Waals surface area contributed by atoms with Gasteiger partial charge >= 0.3 is 18.0 Å². The standard InChI is InChI=1S/C42H83N3O6/c1-7-9-11-13-15-23-31-40(46)49-37-25-19-17-21-29-39(51-42(48)45(35-27-33-43(3)4)36-28-34-44(5)6)30-22-18-20-26-38-50-41(47)32-24-16-14-12-10-8-2/h39H,7-38H2,1-6H3. The van der Waals surface area contributed by atoms with Gasteiger partial charge in [0.1, 0.15) is 6.10 Å². The smallest absolute Gasteiger partial charge is 0.410 e. The van der Waals surface area contributed by atoms with Gasteiger partial charge in [0.25, 0.3) is 0 Å². The molecule has 0 aliphatic carbocycles. The third-order valence-electron chi connectivity index (χ3n) is 9.43. The summed E-state index contributed by atoms with van der Waals surface area (Å²) in [7, 11) is 8.24. The second kappa shape index (κ2) is 36.5. The molecule has 0 rings (SSSR count). The molecule has 51 heavy (non-hydrogen) atoms. The van der Waals surface area contributed by atoms with E-state index in [2.05, 4.69) is 51.8 Å². The molecule has 0 aliphatic heterocycles. The van der Waals surface area contributed by atoms with Gasteiger partial charge < -0.3 is 28.9 Å². The first kappa shape index (κ1) is 49.1. The van der Waals surface area contributed by atoms with Gasteiger partial charge in [-0.15, -0.1) is 0 Å². The predicted molar refractivity (Wildman–Crippen MR) is 212 cm³/mol. The van der Waals surface area contributed by atoms with E-state index in [1.165, 1.54) is 51.4 Å². The normalized spacial score (nSPS) is 11.5. The summed E-state index contributed by atoms with van der Waals surface area (Å²) in [6, 6.07) is 0. The topological polar surface area (TPSA) is 88.6 Å². The number of hydrogen-bond acceptors (Lipinski definition) is 8. The van der Waals surface area contributed by atoms with Crippen LogP contribution in [0.5, 0.6) is 0 Å². The maximum Gasteiger partial charge on any atom is 0.410 e. The molecule has 0 saturated carbocycles. The van der Waals surface area contributed by atoms with E-state index < -0.39 is 0 Å². The molecule has 302 valence electrons. The summed E-state index contributed by atoms with van der Waals surface area (Å²) in [5.41, 5.74) is 0.